The molecule has 3 nitrogen and oxygen atoms in total. The first-order chi connectivity index (χ1) is 6.72. The van der Waals surface area contributed by atoms with Gasteiger partial charge in [0.1, 0.15) is 0 Å². The Kier molecular flexibility index (Phi) is 5.45. The van der Waals surface area contributed by atoms with E-state index < -0.39 is 6.10 Å². The van der Waals surface area contributed by atoms with Gasteiger partial charge in [-0.15, -0.1) is 0 Å². The van der Waals surface area contributed by atoms with Gasteiger partial charge in [0, 0.05) is 6.54 Å². The van der Waals surface area contributed by atoms with Gasteiger partial charge in [0.25, 0.3) is 0 Å². The van der Waals surface area contributed by atoms with Crippen molar-refractivity contribution in [3.05, 3.63) is 0 Å². The minimum atomic E-state index is -0.600. The highest BCUT2D eigenvalue weighted by atomic mass is 16.3. The van der Waals surface area contributed by atoms with Gasteiger partial charge < -0.3 is 15.5 Å². The summed E-state index contributed by atoms with van der Waals surface area (Å²) in [4.78, 5) is 0. The van der Waals surface area contributed by atoms with Crippen molar-refractivity contribution in [3.63, 3.8) is 0 Å². The molecule has 0 amide bonds. The highest BCUT2D eigenvalue weighted by Crippen LogP contribution is 2.27. The summed E-state index contributed by atoms with van der Waals surface area (Å²) < 4.78 is 0. The number of hydrogen-bond acceptors (Lipinski definition) is 3. The van der Waals surface area contributed by atoms with Gasteiger partial charge in [-0.3, -0.25) is 0 Å². The lowest BCUT2D eigenvalue weighted by atomic mass is 9.83. The third kappa shape index (κ3) is 4.40. The predicted octanol–water partition coefficient (Wildman–Crippen LogP) is 0.755. The minimum absolute atomic E-state index is 0.144. The lowest BCUT2D eigenvalue weighted by molar-refractivity contribution is 0.0928. The molecule has 0 heterocycles. The highest BCUT2D eigenvalue weighted by molar-refractivity contribution is 4.72. The van der Waals surface area contributed by atoms with Gasteiger partial charge in [0.05, 0.1) is 12.7 Å². The zero-order chi connectivity index (χ0) is 10.4. The molecule has 0 radical (unpaired) electrons. The molecule has 0 aliphatic heterocycles. The molecule has 0 aromatic heterocycles. The lowest BCUT2D eigenvalue weighted by Gasteiger charge is -2.26. The molecule has 1 atom stereocenters. The second-order valence-corrected chi connectivity index (χ2v) is 4.62. The van der Waals surface area contributed by atoms with Crippen LogP contribution in [0.5, 0.6) is 0 Å². The molecule has 0 spiro atoms. The Hall–Kier alpha value is -0.120. The van der Waals surface area contributed by atoms with Crippen LogP contribution in [-0.2, 0) is 0 Å². The van der Waals surface area contributed by atoms with Crippen LogP contribution < -0.4 is 5.32 Å². The van der Waals surface area contributed by atoms with Crippen molar-refractivity contribution in [2.75, 3.05) is 19.7 Å². The molecule has 1 aliphatic carbocycles. The van der Waals surface area contributed by atoms with Gasteiger partial charge in [-0.05, 0) is 31.2 Å². The van der Waals surface area contributed by atoms with Gasteiger partial charge in [0.2, 0.25) is 0 Å². The summed E-state index contributed by atoms with van der Waals surface area (Å²) in [5.74, 6) is 1.67. The van der Waals surface area contributed by atoms with Gasteiger partial charge >= 0.3 is 0 Å². The van der Waals surface area contributed by atoms with Crippen molar-refractivity contribution < 1.29 is 10.2 Å². The van der Waals surface area contributed by atoms with Gasteiger partial charge in [0.15, 0.2) is 0 Å². The largest absolute Gasteiger partial charge is 0.394 e. The standard InChI is InChI=1S/C11H23NO2/c1-9-2-4-10(5-3-9)6-12-7-11(14)8-13/h9-14H,2-8H2,1H3/t9?,10?,11-/m0/s1. The zero-order valence-electron chi connectivity index (χ0n) is 9.08. The van der Waals surface area contributed by atoms with Gasteiger partial charge in [-0.25, -0.2) is 0 Å². The molecule has 0 aromatic rings. The smallest absolute Gasteiger partial charge is 0.0894 e. The van der Waals surface area contributed by atoms with Crippen LogP contribution in [0.15, 0.2) is 0 Å². The zero-order valence-corrected chi connectivity index (χ0v) is 9.08. The van der Waals surface area contributed by atoms with E-state index in [1.54, 1.807) is 0 Å². The van der Waals surface area contributed by atoms with Crippen LogP contribution in [0.1, 0.15) is 32.6 Å². The molecule has 3 N–H and O–H groups in total. The van der Waals surface area contributed by atoms with E-state index in [4.69, 9.17) is 10.2 Å². The number of aliphatic hydroxyl groups excluding tert-OH is 2. The third-order valence-corrected chi connectivity index (χ3v) is 3.16. The van der Waals surface area contributed by atoms with Crippen LogP contribution in [0.2, 0.25) is 0 Å². The Balaban J connectivity index is 2.02. The van der Waals surface area contributed by atoms with Crippen molar-refractivity contribution in [3.8, 4) is 0 Å². The normalized spacial score (nSPS) is 30.2. The summed E-state index contributed by atoms with van der Waals surface area (Å²) >= 11 is 0. The first kappa shape index (κ1) is 12.0. The van der Waals surface area contributed by atoms with E-state index in [2.05, 4.69) is 12.2 Å². The molecule has 0 saturated heterocycles. The SMILES string of the molecule is CC1CCC(CNC[C@H](O)CO)CC1. The second kappa shape index (κ2) is 6.38. The number of nitrogens with one attached hydrogen (secondary N) is 1. The van der Waals surface area contributed by atoms with Crippen molar-refractivity contribution in [1.82, 2.24) is 5.32 Å². The molecule has 1 rings (SSSR count). The summed E-state index contributed by atoms with van der Waals surface area (Å²) in [5, 5.41) is 20.9. The average molecular weight is 201 g/mol. The third-order valence-electron chi connectivity index (χ3n) is 3.16. The maximum atomic E-state index is 9.12. The van der Waals surface area contributed by atoms with E-state index in [0.717, 1.165) is 18.4 Å². The van der Waals surface area contributed by atoms with E-state index in [-0.39, 0.29) is 6.61 Å². The Morgan fingerprint density at radius 1 is 1.29 bits per heavy atom. The number of aliphatic hydroxyl groups is 2. The molecule has 3 heteroatoms. The first-order valence-corrected chi connectivity index (χ1v) is 5.72. The van der Waals surface area contributed by atoms with Crippen molar-refractivity contribution >= 4 is 0 Å². The number of hydrogen-bond donors (Lipinski definition) is 3. The fourth-order valence-corrected chi connectivity index (χ4v) is 2.05. The van der Waals surface area contributed by atoms with Crippen LogP contribution in [0, 0.1) is 11.8 Å². The Morgan fingerprint density at radius 3 is 2.50 bits per heavy atom. The Labute approximate surface area is 86.5 Å². The fourth-order valence-electron chi connectivity index (χ4n) is 2.05. The summed E-state index contributed by atoms with van der Waals surface area (Å²) in [6.07, 6.45) is 4.70. The van der Waals surface area contributed by atoms with Crippen LogP contribution in [-0.4, -0.2) is 36.0 Å². The van der Waals surface area contributed by atoms with Crippen LogP contribution >= 0.6 is 0 Å². The lowest BCUT2D eigenvalue weighted by Crippen LogP contribution is -2.33. The minimum Gasteiger partial charge on any atom is -0.394 e. The quantitative estimate of drug-likeness (QED) is 0.615. The Morgan fingerprint density at radius 2 is 1.93 bits per heavy atom. The van der Waals surface area contributed by atoms with E-state index in [9.17, 15) is 0 Å². The summed E-state index contributed by atoms with van der Waals surface area (Å²) in [6.45, 7) is 3.68. The summed E-state index contributed by atoms with van der Waals surface area (Å²) in [6, 6.07) is 0. The van der Waals surface area contributed by atoms with Crippen LogP contribution in [0.25, 0.3) is 0 Å². The van der Waals surface area contributed by atoms with Crippen molar-refractivity contribution in [2.24, 2.45) is 11.8 Å². The molecule has 1 fully saturated rings. The maximum absolute atomic E-state index is 9.12. The molecule has 0 bridgehead atoms. The van der Waals surface area contributed by atoms with Crippen LogP contribution in [0.3, 0.4) is 0 Å². The molecular formula is C11H23NO2. The summed E-state index contributed by atoms with van der Waals surface area (Å²) in [5.41, 5.74) is 0. The van der Waals surface area contributed by atoms with Gasteiger partial charge in [-0.1, -0.05) is 19.8 Å². The van der Waals surface area contributed by atoms with Crippen LogP contribution in [0.4, 0.5) is 0 Å². The average Bonchev–Trinajstić information content (AvgIpc) is 2.21. The predicted molar refractivity (Wildman–Crippen MR) is 57.1 cm³/mol. The Bertz CT molecular complexity index is 144. The molecular weight excluding hydrogens is 178 g/mol. The molecule has 84 valence electrons. The topological polar surface area (TPSA) is 52.5 Å². The maximum Gasteiger partial charge on any atom is 0.0894 e. The van der Waals surface area contributed by atoms with E-state index in [0.29, 0.717) is 6.54 Å². The molecule has 0 unspecified atom stereocenters. The van der Waals surface area contributed by atoms with E-state index in [1.807, 2.05) is 0 Å². The molecule has 1 saturated carbocycles. The molecule has 14 heavy (non-hydrogen) atoms. The second-order valence-electron chi connectivity index (χ2n) is 4.62. The fraction of sp³-hybridized carbons (Fsp3) is 1.00. The van der Waals surface area contributed by atoms with E-state index in [1.165, 1.54) is 25.7 Å². The van der Waals surface area contributed by atoms with Crippen molar-refractivity contribution in [2.45, 2.75) is 38.7 Å². The molecule has 0 aromatic carbocycles. The number of rotatable bonds is 5. The molecule has 1 aliphatic rings. The monoisotopic (exact) mass is 201 g/mol. The highest BCUT2D eigenvalue weighted by Gasteiger charge is 2.17. The first-order valence-electron chi connectivity index (χ1n) is 5.72. The van der Waals surface area contributed by atoms with Gasteiger partial charge in [-0.2, -0.15) is 0 Å². The van der Waals surface area contributed by atoms with E-state index >= 15 is 0 Å². The van der Waals surface area contributed by atoms with Crippen molar-refractivity contribution in [1.29, 1.82) is 0 Å². The summed E-state index contributed by atoms with van der Waals surface area (Å²) in [7, 11) is 0.